The molecular weight excluding hydrogens is 305 g/mol. The zero-order valence-corrected chi connectivity index (χ0v) is 9.14. The average molecular weight is 310 g/mol. The van der Waals surface area contributed by atoms with E-state index in [2.05, 4.69) is 0 Å². The summed E-state index contributed by atoms with van der Waals surface area (Å²) in [7, 11) is -4.67. The molecule has 0 aliphatic heterocycles. The van der Waals surface area contributed by atoms with Crippen molar-refractivity contribution < 1.29 is 17.5 Å². The van der Waals surface area contributed by atoms with Crippen LogP contribution in [-0.4, -0.2) is 43.7 Å². The van der Waals surface area contributed by atoms with Gasteiger partial charge in [-0.15, -0.1) is 0 Å². The van der Waals surface area contributed by atoms with Crippen LogP contribution in [0.25, 0.3) is 0 Å². The van der Waals surface area contributed by atoms with Crippen molar-refractivity contribution in [2.24, 2.45) is 0 Å². The SMILES string of the molecule is O=S(=O)(O)O.[BiH3]. The third-order valence-electron chi connectivity index (χ3n) is 0. The van der Waals surface area contributed by atoms with Gasteiger partial charge in [0.25, 0.3) is 0 Å². The van der Waals surface area contributed by atoms with Crippen LogP contribution in [0.3, 0.4) is 0 Å². The molecule has 6 heteroatoms. The van der Waals surface area contributed by atoms with E-state index in [1.807, 2.05) is 0 Å². The van der Waals surface area contributed by atoms with Gasteiger partial charge in [-0.1, -0.05) is 0 Å². The first-order chi connectivity index (χ1) is 2.00. The van der Waals surface area contributed by atoms with E-state index in [4.69, 9.17) is 17.5 Å². The van der Waals surface area contributed by atoms with Crippen LogP contribution in [0.1, 0.15) is 0 Å². The molecule has 2 N–H and O–H groups in total. The molecule has 0 spiro atoms. The quantitative estimate of drug-likeness (QED) is 0.407. The van der Waals surface area contributed by atoms with Gasteiger partial charge in [-0.2, -0.15) is 8.42 Å². The van der Waals surface area contributed by atoms with E-state index in [1.165, 1.54) is 0 Å². The molecule has 0 radical (unpaired) electrons. The van der Waals surface area contributed by atoms with Gasteiger partial charge in [0.15, 0.2) is 0 Å². The summed E-state index contributed by atoms with van der Waals surface area (Å²) < 4.78 is 31.6. The first-order valence-electron chi connectivity index (χ1n) is 0.698. The van der Waals surface area contributed by atoms with Gasteiger partial charge < -0.3 is 0 Å². The minimum absolute atomic E-state index is 0. The second kappa shape index (κ2) is 2.85. The van der Waals surface area contributed by atoms with Crippen LogP contribution in [-0.2, 0) is 10.4 Å². The zero-order valence-electron chi connectivity index (χ0n) is 2.83. The third-order valence-corrected chi connectivity index (χ3v) is 0. The summed E-state index contributed by atoms with van der Waals surface area (Å²) in [6.45, 7) is 0. The molecule has 0 aromatic heterocycles. The number of rotatable bonds is 0. The van der Waals surface area contributed by atoms with E-state index < -0.39 is 10.4 Å². The van der Waals surface area contributed by atoms with Crippen molar-refractivity contribution in [1.82, 2.24) is 0 Å². The molecule has 0 amide bonds. The zero-order chi connectivity index (χ0) is 4.50. The van der Waals surface area contributed by atoms with E-state index in [1.54, 1.807) is 0 Å². The molecule has 0 rings (SSSR count). The normalized spacial score (nSPS) is 9.67. The van der Waals surface area contributed by atoms with Crippen molar-refractivity contribution in [2.45, 2.75) is 0 Å². The van der Waals surface area contributed by atoms with Crippen molar-refractivity contribution in [3.05, 3.63) is 0 Å². The number of hydrogen-bond donors (Lipinski definition) is 2. The molecule has 0 heterocycles. The summed E-state index contributed by atoms with van der Waals surface area (Å²) in [4.78, 5) is 0. The standard InChI is InChI=1S/Bi.H2O4S.3H/c;1-5(2,3)4;;;/h;(H2,1,2,3,4);;;. The second-order valence-electron chi connectivity index (χ2n) is 0.448. The first kappa shape index (κ1) is 9.89. The molecule has 0 bridgehead atoms. The summed E-state index contributed by atoms with van der Waals surface area (Å²) in [6.07, 6.45) is 0. The molecule has 0 aromatic rings. The number of hydrogen-bond acceptors (Lipinski definition) is 2. The van der Waals surface area contributed by atoms with E-state index in [0.717, 1.165) is 0 Å². The average Bonchev–Trinajstić information content (AvgIpc) is 0.722. The van der Waals surface area contributed by atoms with Crippen LogP contribution in [0.2, 0.25) is 0 Å². The Balaban J connectivity index is 0. The van der Waals surface area contributed by atoms with Crippen molar-refractivity contribution in [3.8, 4) is 0 Å². The Bertz CT molecular complexity index is 90.7. The third kappa shape index (κ3) is 118. The summed E-state index contributed by atoms with van der Waals surface area (Å²) in [5.74, 6) is 0. The fourth-order valence-corrected chi connectivity index (χ4v) is 0. The molecule has 0 saturated carbocycles. The second-order valence-corrected chi connectivity index (χ2v) is 1.34. The maximum atomic E-state index is 8.74. The molecule has 0 saturated heterocycles. The predicted molar refractivity (Wildman–Crippen MR) is 24.1 cm³/mol. The molecule has 0 aliphatic carbocycles. The first-order valence-corrected chi connectivity index (χ1v) is 2.10. The molecule has 0 aromatic carbocycles. The van der Waals surface area contributed by atoms with E-state index in [0.29, 0.717) is 0 Å². The van der Waals surface area contributed by atoms with Gasteiger partial charge in [0.1, 0.15) is 0 Å². The summed E-state index contributed by atoms with van der Waals surface area (Å²) in [5.41, 5.74) is 0. The van der Waals surface area contributed by atoms with Crippen LogP contribution in [0.15, 0.2) is 0 Å². The van der Waals surface area contributed by atoms with Crippen molar-refractivity contribution in [3.63, 3.8) is 0 Å². The summed E-state index contributed by atoms with van der Waals surface area (Å²) >= 11 is 0. The molecule has 0 atom stereocenters. The van der Waals surface area contributed by atoms with E-state index in [9.17, 15) is 0 Å². The Morgan fingerprint density at radius 3 is 1.17 bits per heavy atom. The molecule has 6 heavy (non-hydrogen) atoms. The monoisotopic (exact) mass is 310 g/mol. The van der Waals surface area contributed by atoms with E-state index >= 15 is 0 Å². The minimum atomic E-state index is -4.67. The maximum absolute atomic E-state index is 8.74. The molecular formula is H5BiO4S. The van der Waals surface area contributed by atoms with Crippen LogP contribution in [0, 0.1) is 0 Å². The Hall–Kier alpha value is 0.753. The topological polar surface area (TPSA) is 74.6 Å². The Morgan fingerprint density at radius 1 is 1.17 bits per heavy atom. The van der Waals surface area contributed by atoms with Crippen LogP contribution >= 0.6 is 0 Å². The molecule has 0 unspecified atom stereocenters. The summed E-state index contributed by atoms with van der Waals surface area (Å²) in [6, 6.07) is 0. The van der Waals surface area contributed by atoms with Crippen LogP contribution < -0.4 is 0 Å². The van der Waals surface area contributed by atoms with Crippen molar-refractivity contribution in [2.75, 3.05) is 0 Å². The molecule has 0 fully saturated rings. The predicted octanol–water partition coefficient (Wildman–Crippen LogP) is -1.84. The van der Waals surface area contributed by atoms with Gasteiger partial charge in [0.05, 0.1) is 0 Å². The van der Waals surface area contributed by atoms with Crippen LogP contribution in [0.4, 0.5) is 0 Å². The van der Waals surface area contributed by atoms with Crippen LogP contribution in [0.5, 0.6) is 0 Å². The Kier molecular flexibility index (Phi) is 4.70. The van der Waals surface area contributed by atoms with Gasteiger partial charge in [-0.05, 0) is 0 Å². The van der Waals surface area contributed by atoms with Crippen molar-refractivity contribution >= 4 is 36.6 Å². The Labute approximate surface area is 54.3 Å². The van der Waals surface area contributed by atoms with Gasteiger partial charge >= 0.3 is 36.6 Å². The Morgan fingerprint density at radius 2 is 1.17 bits per heavy atom. The summed E-state index contributed by atoms with van der Waals surface area (Å²) in [5, 5.41) is 0. The van der Waals surface area contributed by atoms with Gasteiger partial charge in [-0.25, -0.2) is 0 Å². The van der Waals surface area contributed by atoms with E-state index in [-0.39, 0.29) is 26.2 Å². The van der Waals surface area contributed by atoms with Gasteiger partial charge in [0, 0.05) is 0 Å². The van der Waals surface area contributed by atoms with Gasteiger partial charge in [0.2, 0.25) is 0 Å². The van der Waals surface area contributed by atoms with Crippen molar-refractivity contribution in [1.29, 1.82) is 0 Å². The molecule has 4 nitrogen and oxygen atoms in total. The molecule has 40 valence electrons. The van der Waals surface area contributed by atoms with Gasteiger partial charge in [-0.3, -0.25) is 9.11 Å². The fourth-order valence-electron chi connectivity index (χ4n) is 0. The molecule has 0 aliphatic rings. The fraction of sp³-hybridized carbons (Fsp3) is 0.